The summed E-state index contributed by atoms with van der Waals surface area (Å²) >= 11 is 3.71. The van der Waals surface area contributed by atoms with E-state index in [0.717, 1.165) is 90.9 Å². The Morgan fingerprint density at radius 1 is 0.370 bits per heavy atom. The Bertz CT molecular complexity index is 3900. The van der Waals surface area contributed by atoms with E-state index in [1.165, 1.54) is 54.6 Å². The largest absolute Gasteiger partial charge is 0.304 e. The number of nitrogens with one attached hydrogen (secondary N) is 2. The molecule has 0 amide bonds. The van der Waals surface area contributed by atoms with Crippen LogP contribution >= 0.6 is 23.1 Å². The van der Waals surface area contributed by atoms with E-state index in [1.54, 1.807) is 28.4 Å². The molecule has 0 saturated carbocycles. The molecule has 22 heteroatoms. The summed E-state index contributed by atoms with van der Waals surface area (Å²) in [4.78, 5) is 14.3. The molecule has 0 spiro atoms. The lowest BCUT2D eigenvalue weighted by molar-refractivity contribution is 0.728. The van der Waals surface area contributed by atoms with Crippen molar-refractivity contribution in [1.29, 1.82) is 0 Å². The summed E-state index contributed by atoms with van der Waals surface area (Å²) in [6.45, 7) is 38.2. The van der Waals surface area contributed by atoms with Gasteiger partial charge >= 0.3 is 0 Å². The fraction of sp³-hybridized carbons (Fsp3) is 0.371. The number of hydrogen-bond acceptors (Lipinski definition) is 12. The number of fused-ring (bicyclic) bond motifs is 8. The fourth-order valence-electron chi connectivity index (χ4n) is 10.3. The monoisotopic (exact) mass is 1280 g/mol. The van der Waals surface area contributed by atoms with Crippen molar-refractivity contribution >= 4 is 82.8 Å². The smallest absolute Gasteiger partial charge is 0.153 e. The first-order valence-electron chi connectivity index (χ1n) is 31.5. The number of aromatic amines is 2. The first kappa shape index (κ1) is 73.6. The number of thiazole rings is 1. The van der Waals surface area contributed by atoms with E-state index < -0.39 is 0 Å². The van der Waals surface area contributed by atoms with E-state index in [-0.39, 0.29) is 0 Å². The SMILES string of the molecule is CC.CC.CC.CC.Cc1nc(C)n2ccccc12.Cc1nc(C)n2ccccc12.Cc1nc(C)n2ccsc12.Cc1nn(C)c2[nH]ncc12.Cc1nn(C)c2c1CSC2.Cc1nn(C)c2ccccc12.Cc1nn(C)c2ccccc12.Cc1nn(C)c2cn[nH]c12. The van der Waals surface area contributed by atoms with E-state index >= 15 is 0 Å². The standard InChI is InChI=1S/4C9H10N2.C7H10N2S.C7H8N2S.2C6H8N4.4C2H6/c2*1-7-8-5-3-4-6-9(8)11(2)10-7;2*1-7-9-5-3-4-6-11(9)8(2)10-7;1-5-6-3-10-4-7(6)9(2)8-5;1-5-7-9(3-4-10-7)6(2)8-5;1-4-6-5(3-7-8-6)10(2)9-4;1-4-5-3-7-8-6(5)10(2)9-4;4*1-2/h4*3-6H,1-2H3;3-4H2,1-2H3;3-4H,1-2H3;2*3H,1-2H3,(H,7,8);4*1-2H3. The lowest BCUT2D eigenvalue weighted by Gasteiger charge is -1.92. The maximum absolute atomic E-state index is 4.35. The number of H-pyrrole nitrogens is 2. The highest BCUT2D eigenvalue weighted by atomic mass is 32.2. The Kier molecular flexibility index (Phi) is 28.4. The summed E-state index contributed by atoms with van der Waals surface area (Å²) in [5.74, 6) is 5.49. The zero-order valence-corrected chi connectivity index (χ0v) is 60.5. The molecular weight excluding hydrogens is 1190 g/mol. The van der Waals surface area contributed by atoms with Crippen LogP contribution in [0.25, 0.3) is 59.7 Å². The van der Waals surface area contributed by atoms with Gasteiger partial charge in [0.05, 0.1) is 91.1 Å². The van der Waals surface area contributed by atoms with Gasteiger partial charge in [-0.3, -0.25) is 38.0 Å². The molecule has 15 aromatic rings. The van der Waals surface area contributed by atoms with Crippen LogP contribution in [0.3, 0.4) is 0 Å². The van der Waals surface area contributed by atoms with E-state index in [1.807, 2.05) is 251 Å². The Balaban J connectivity index is 0.000000188. The minimum atomic E-state index is 0.984. The van der Waals surface area contributed by atoms with E-state index in [2.05, 4.69) is 129 Å². The van der Waals surface area contributed by atoms with Crippen LogP contribution in [0.2, 0.25) is 0 Å². The van der Waals surface area contributed by atoms with Gasteiger partial charge in [-0.1, -0.05) is 104 Å². The average molecular weight is 1280 g/mol. The van der Waals surface area contributed by atoms with Gasteiger partial charge in [0.25, 0.3) is 0 Å². The molecule has 1 aliphatic heterocycles. The molecule has 2 N–H and O–H groups in total. The van der Waals surface area contributed by atoms with Crippen LogP contribution in [0, 0.1) is 76.2 Å². The fourth-order valence-corrected chi connectivity index (χ4v) is 12.4. The molecule has 2 aromatic carbocycles. The zero-order valence-electron chi connectivity index (χ0n) is 58.8. The average Bonchev–Trinajstić information content (AvgIpc) is 3.17. The molecule has 0 atom stereocenters. The van der Waals surface area contributed by atoms with Crippen LogP contribution in [-0.2, 0) is 46.7 Å². The molecule has 0 bridgehead atoms. The number of aryl methyl sites for hydroxylation is 16. The van der Waals surface area contributed by atoms with Crippen molar-refractivity contribution in [1.82, 2.24) is 97.5 Å². The molecule has 490 valence electrons. The first-order chi connectivity index (χ1) is 44.3. The Labute approximate surface area is 551 Å². The highest BCUT2D eigenvalue weighted by Crippen LogP contribution is 2.31. The predicted molar refractivity (Wildman–Crippen MR) is 386 cm³/mol. The third-order valence-corrected chi connectivity index (χ3v) is 16.5. The summed E-state index contributed by atoms with van der Waals surface area (Å²) < 4.78 is 15.7. The van der Waals surface area contributed by atoms with E-state index in [9.17, 15) is 0 Å². The highest BCUT2D eigenvalue weighted by molar-refractivity contribution is 7.98. The molecule has 13 aromatic heterocycles. The summed E-state index contributed by atoms with van der Waals surface area (Å²) in [6, 6.07) is 28.7. The number of hydrogen-bond donors (Lipinski definition) is 2. The number of benzene rings is 2. The lowest BCUT2D eigenvalue weighted by Crippen LogP contribution is -1.94. The second-order valence-corrected chi connectivity index (χ2v) is 22.4. The number of imidazole rings is 3. The van der Waals surface area contributed by atoms with Crippen LogP contribution in [0.4, 0.5) is 0 Å². The molecule has 16 rings (SSSR count). The second kappa shape index (κ2) is 35.5. The summed E-state index contributed by atoms with van der Waals surface area (Å²) in [6.07, 6.45) is 9.68. The van der Waals surface area contributed by atoms with Gasteiger partial charge in [-0.15, -0.1) is 11.3 Å². The minimum Gasteiger partial charge on any atom is -0.304 e. The maximum Gasteiger partial charge on any atom is 0.153 e. The molecule has 0 unspecified atom stereocenters. The summed E-state index contributed by atoms with van der Waals surface area (Å²) in [5.41, 5.74) is 19.5. The molecule has 0 aliphatic carbocycles. The van der Waals surface area contributed by atoms with Crippen LogP contribution in [0.5, 0.6) is 0 Å². The summed E-state index contributed by atoms with van der Waals surface area (Å²) in [7, 11) is 9.76. The highest BCUT2D eigenvalue weighted by Gasteiger charge is 2.18. The Morgan fingerprint density at radius 3 is 1.27 bits per heavy atom. The molecule has 92 heavy (non-hydrogen) atoms. The molecular formula is C70H98N20S2. The van der Waals surface area contributed by atoms with Crippen LogP contribution < -0.4 is 0 Å². The zero-order chi connectivity index (χ0) is 67.9. The Morgan fingerprint density at radius 2 is 0.793 bits per heavy atom. The number of pyridine rings is 2. The number of rotatable bonds is 0. The van der Waals surface area contributed by atoms with E-state index in [4.69, 9.17) is 0 Å². The second-order valence-electron chi connectivity index (χ2n) is 20.5. The third kappa shape index (κ3) is 17.7. The molecule has 0 saturated heterocycles. The van der Waals surface area contributed by atoms with Gasteiger partial charge in [0.1, 0.15) is 33.3 Å². The van der Waals surface area contributed by atoms with Crippen molar-refractivity contribution in [2.45, 2.75) is 143 Å². The number of thioether (sulfide) groups is 1. The number of para-hydroxylation sites is 2. The van der Waals surface area contributed by atoms with Crippen molar-refractivity contribution in [3.8, 4) is 0 Å². The normalized spacial score (nSPS) is 10.7. The van der Waals surface area contributed by atoms with Gasteiger partial charge in [-0.25, -0.2) is 15.0 Å². The molecule has 14 heterocycles. The molecule has 1 aliphatic rings. The molecule has 0 fully saturated rings. The van der Waals surface area contributed by atoms with Crippen molar-refractivity contribution in [2.24, 2.45) is 35.2 Å². The number of nitrogens with zero attached hydrogens (tertiary/aromatic N) is 18. The molecule has 20 nitrogen and oxygen atoms in total. The van der Waals surface area contributed by atoms with Gasteiger partial charge in [-0.05, 0) is 113 Å². The van der Waals surface area contributed by atoms with Crippen molar-refractivity contribution < 1.29 is 0 Å². The molecule has 0 radical (unpaired) electrons. The third-order valence-electron chi connectivity index (χ3n) is 14.5. The van der Waals surface area contributed by atoms with Crippen molar-refractivity contribution in [3.63, 3.8) is 0 Å². The first-order valence-corrected chi connectivity index (χ1v) is 33.5. The van der Waals surface area contributed by atoms with Crippen molar-refractivity contribution in [2.75, 3.05) is 0 Å². The predicted octanol–water partition coefficient (Wildman–Crippen LogP) is 16.5. The van der Waals surface area contributed by atoms with Gasteiger partial charge in [0, 0.05) is 87.1 Å². The maximum atomic E-state index is 4.35. The van der Waals surface area contributed by atoms with Gasteiger partial charge in [0.15, 0.2) is 5.65 Å². The van der Waals surface area contributed by atoms with Crippen molar-refractivity contribution in [3.05, 3.63) is 196 Å². The van der Waals surface area contributed by atoms with E-state index in [0.29, 0.717) is 0 Å². The van der Waals surface area contributed by atoms with Crippen LogP contribution in [0.15, 0.2) is 121 Å². The van der Waals surface area contributed by atoms with Crippen LogP contribution in [-0.4, -0.2) is 97.5 Å². The Hall–Kier alpha value is -9.15. The van der Waals surface area contributed by atoms with Gasteiger partial charge < -0.3 is 8.80 Å². The lowest BCUT2D eigenvalue weighted by atomic mass is 10.2. The van der Waals surface area contributed by atoms with Crippen LogP contribution in [0.1, 0.15) is 130 Å². The topological polar surface area (TPSA) is 198 Å². The summed E-state index contributed by atoms with van der Waals surface area (Å²) in [5, 5.41) is 40.5. The quantitative estimate of drug-likeness (QED) is 0.146. The van der Waals surface area contributed by atoms with Gasteiger partial charge in [0.2, 0.25) is 0 Å². The minimum absolute atomic E-state index is 0.984. The van der Waals surface area contributed by atoms with Gasteiger partial charge in [-0.2, -0.15) is 47.5 Å². The number of aromatic nitrogens is 20.